The van der Waals surface area contributed by atoms with Gasteiger partial charge < -0.3 is 15.4 Å². The van der Waals surface area contributed by atoms with Crippen LogP contribution < -0.4 is 10.6 Å². The molecule has 0 bridgehead atoms. The van der Waals surface area contributed by atoms with Gasteiger partial charge in [0.25, 0.3) is 0 Å². The topological polar surface area (TPSA) is 67.4 Å². The fraction of sp³-hybridized carbons (Fsp3) is 0.929. The van der Waals surface area contributed by atoms with Gasteiger partial charge in [-0.25, -0.2) is 0 Å². The molecular weight excluding hydrogens is 412 g/mol. The lowest BCUT2D eigenvalue weighted by molar-refractivity contribution is -0.122. The lowest BCUT2D eigenvalue weighted by Crippen LogP contribution is -2.24. The molecule has 5 heteroatoms. The van der Waals surface area contributed by atoms with Crippen LogP contribution in [0.2, 0.25) is 0 Å². The van der Waals surface area contributed by atoms with Crippen LogP contribution in [0, 0.1) is 0 Å². The second-order valence-corrected chi connectivity index (χ2v) is 9.56. The normalized spacial score (nSPS) is 11.0. The Morgan fingerprint density at radius 3 is 1.18 bits per heavy atom. The Kier molecular flexibility index (Phi) is 26.2. The third-order valence-corrected chi connectivity index (χ3v) is 6.26. The lowest BCUT2D eigenvalue weighted by atomic mass is 10.0. The summed E-state index contributed by atoms with van der Waals surface area (Å²) in [6.45, 7) is 4.43. The Bertz CT molecular complexity index is 429. The Hall–Kier alpha value is -1.10. The average Bonchev–Trinajstić information content (AvgIpc) is 2.81. The molecule has 2 N–H and O–H groups in total. The zero-order valence-electron chi connectivity index (χ0n) is 22.2. The zero-order valence-corrected chi connectivity index (χ0v) is 22.2. The summed E-state index contributed by atoms with van der Waals surface area (Å²) in [4.78, 5) is 23.3. The number of methoxy groups -OCH3 is 1. The minimum absolute atomic E-state index is 0.188. The van der Waals surface area contributed by atoms with Crippen molar-refractivity contribution in [2.75, 3.05) is 26.8 Å². The van der Waals surface area contributed by atoms with Gasteiger partial charge in [0.05, 0.1) is 0 Å². The molecule has 0 atom stereocenters. The Balaban J connectivity index is 3.14. The summed E-state index contributed by atoms with van der Waals surface area (Å²) in [5.41, 5.74) is 0. The van der Waals surface area contributed by atoms with Gasteiger partial charge >= 0.3 is 0 Å². The molecule has 0 saturated heterocycles. The fourth-order valence-corrected chi connectivity index (χ4v) is 4.07. The first-order valence-corrected chi connectivity index (χ1v) is 14.2. The van der Waals surface area contributed by atoms with Crippen molar-refractivity contribution in [3.05, 3.63) is 0 Å². The first kappa shape index (κ1) is 31.9. The fourth-order valence-electron chi connectivity index (χ4n) is 4.07. The molecule has 0 unspecified atom stereocenters. The zero-order chi connectivity index (χ0) is 24.2. The molecular formula is C28H56N2O3. The molecule has 0 aromatic heterocycles. The van der Waals surface area contributed by atoms with E-state index in [4.69, 9.17) is 4.74 Å². The van der Waals surface area contributed by atoms with E-state index in [1.807, 2.05) is 0 Å². The highest BCUT2D eigenvalue weighted by atomic mass is 16.5. The minimum Gasteiger partial charge on any atom is -0.385 e. The maximum absolute atomic E-state index is 11.7. The SMILES string of the molecule is CCCCNC(=O)CCCCCCCCCCCCCCCCCCC(=O)NCCCOC. The molecule has 0 aliphatic rings. The molecule has 0 aromatic rings. The summed E-state index contributed by atoms with van der Waals surface area (Å²) in [6, 6.07) is 0. The largest absolute Gasteiger partial charge is 0.385 e. The molecule has 33 heavy (non-hydrogen) atoms. The molecule has 0 heterocycles. The van der Waals surface area contributed by atoms with Crippen molar-refractivity contribution in [1.82, 2.24) is 10.6 Å². The summed E-state index contributed by atoms with van der Waals surface area (Å²) >= 11 is 0. The van der Waals surface area contributed by atoms with Crippen LogP contribution in [0.1, 0.15) is 142 Å². The highest BCUT2D eigenvalue weighted by Crippen LogP contribution is 2.14. The maximum Gasteiger partial charge on any atom is 0.219 e. The van der Waals surface area contributed by atoms with Crippen molar-refractivity contribution >= 4 is 11.8 Å². The number of rotatable bonds is 26. The van der Waals surface area contributed by atoms with E-state index in [2.05, 4.69) is 17.6 Å². The van der Waals surface area contributed by atoms with E-state index in [1.165, 1.54) is 89.9 Å². The Morgan fingerprint density at radius 2 is 0.848 bits per heavy atom. The smallest absolute Gasteiger partial charge is 0.219 e. The van der Waals surface area contributed by atoms with Gasteiger partial charge in [-0.3, -0.25) is 9.59 Å². The summed E-state index contributed by atoms with van der Waals surface area (Å²) < 4.78 is 4.98. The van der Waals surface area contributed by atoms with E-state index in [1.54, 1.807) is 7.11 Å². The van der Waals surface area contributed by atoms with Crippen molar-refractivity contribution in [1.29, 1.82) is 0 Å². The first-order valence-electron chi connectivity index (χ1n) is 14.2. The molecule has 196 valence electrons. The van der Waals surface area contributed by atoms with E-state index >= 15 is 0 Å². The highest BCUT2D eigenvalue weighted by molar-refractivity contribution is 5.76. The van der Waals surface area contributed by atoms with Crippen molar-refractivity contribution in [3.8, 4) is 0 Å². The second kappa shape index (κ2) is 27.1. The quantitative estimate of drug-likeness (QED) is 0.133. The first-order chi connectivity index (χ1) is 16.2. The van der Waals surface area contributed by atoms with Gasteiger partial charge in [-0.1, -0.05) is 103 Å². The summed E-state index contributed by atoms with van der Waals surface area (Å²) in [7, 11) is 1.69. The molecule has 2 amide bonds. The number of ether oxygens (including phenoxy) is 1. The van der Waals surface area contributed by atoms with Gasteiger partial charge in [0, 0.05) is 39.6 Å². The number of nitrogens with one attached hydrogen (secondary N) is 2. The van der Waals surface area contributed by atoms with Crippen molar-refractivity contribution < 1.29 is 14.3 Å². The molecule has 0 aliphatic carbocycles. The molecule has 0 aliphatic heterocycles. The van der Waals surface area contributed by atoms with Gasteiger partial charge in [-0.2, -0.15) is 0 Å². The Labute approximate surface area is 205 Å². The third kappa shape index (κ3) is 27.0. The van der Waals surface area contributed by atoms with Gasteiger partial charge in [0.2, 0.25) is 11.8 Å². The van der Waals surface area contributed by atoms with Gasteiger partial charge in [-0.05, 0) is 25.7 Å². The number of carbonyl (C=O) groups excluding carboxylic acids is 2. The van der Waals surface area contributed by atoms with Crippen LogP contribution in [0.15, 0.2) is 0 Å². The third-order valence-electron chi connectivity index (χ3n) is 6.26. The second-order valence-electron chi connectivity index (χ2n) is 9.56. The maximum atomic E-state index is 11.7. The molecule has 0 rings (SSSR count). The number of amides is 2. The molecule has 0 fully saturated rings. The van der Waals surface area contributed by atoms with Crippen molar-refractivity contribution in [2.24, 2.45) is 0 Å². The predicted molar refractivity (Wildman–Crippen MR) is 141 cm³/mol. The number of carbonyl (C=O) groups is 2. The van der Waals surface area contributed by atoms with E-state index in [0.717, 1.165) is 45.2 Å². The number of unbranched alkanes of at least 4 members (excludes halogenated alkanes) is 16. The molecule has 5 nitrogen and oxygen atoms in total. The van der Waals surface area contributed by atoms with E-state index in [-0.39, 0.29) is 11.8 Å². The van der Waals surface area contributed by atoms with Crippen LogP contribution in [0.25, 0.3) is 0 Å². The van der Waals surface area contributed by atoms with Crippen LogP contribution in [-0.2, 0) is 14.3 Å². The number of hydrogen-bond acceptors (Lipinski definition) is 3. The summed E-state index contributed by atoms with van der Waals surface area (Å²) in [5.74, 6) is 0.422. The van der Waals surface area contributed by atoms with Crippen LogP contribution in [0.3, 0.4) is 0 Å². The van der Waals surface area contributed by atoms with E-state index in [0.29, 0.717) is 19.4 Å². The minimum atomic E-state index is 0.188. The van der Waals surface area contributed by atoms with Crippen molar-refractivity contribution in [2.45, 2.75) is 142 Å². The van der Waals surface area contributed by atoms with Crippen LogP contribution in [-0.4, -0.2) is 38.6 Å². The van der Waals surface area contributed by atoms with Gasteiger partial charge in [0.1, 0.15) is 0 Å². The highest BCUT2D eigenvalue weighted by Gasteiger charge is 2.01. The summed E-state index contributed by atoms with van der Waals surface area (Å²) in [5, 5.41) is 5.95. The van der Waals surface area contributed by atoms with Crippen LogP contribution in [0.5, 0.6) is 0 Å². The molecule has 0 saturated carbocycles. The Morgan fingerprint density at radius 1 is 0.515 bits per heavy atom. The van der Waals surface area contributed by atoms with Gasteiger partial charge in [0.15, 0.2) is 0 Å². The standard InChI is InChI=1S/C28H56N2O3/c1-3-4-24-29-27(31)22-19-17-15-13-11-9-7-5-6-8-10-12-14-16-18-20-23-28(32)30-25-21-26-33-2/h3-26H2,1-2H3,(H,29,31)(H,30,32). The lowest BCUT2D eigenvalue weighted by Gasteiger charge is -2.05. The predicted octanol–water partition coefficient (Wildman–Crippen LogP) is 7.08. The molecule has 0 radical (unpaired) electrons. The average molecular weight is 469 g/mol. The van der Waals surface area contributed by atoms with E-state index in [9.17, 15) is 9.59 Å². The monoisotopic (exact) mass is 468 g/mol. The number of hydrogen-bond donors (Lipinski definition) is 2. The van der Waals surface area contributed by atoms with E-state index < -0.39 is 0 Å². The van der Waals surface area contributed by atoms with Crippen LogP contribution >= 0.6 is 0 Å². The molecule has 0 aromatic carbocycles. The van der Waals surface area contributed by atoms with Crippen molar-refractivity contribution in [3.63, 3.8) is 0 Å². The van der Waals surface area contributed by atoms with Gasteiger partial charge in [-0.15, -0.1) is 0 Å². The molecule has 0 spiro atoms. The summed E-state index contributed by atoms with van der Waals surface area (Å²) in [6.07, 6.45) is 25.1. The van der Waals surface area contributed by atoms with Crippen LogP contribution in [0.4, 0.5) is 0 Å².